The Bertz CT molecular complexity index is 1200. The quantitative estimate of drug-likeness (QED) is 0.515. The maximum absolute atomic E-state index is 12.5. The molecule has 0 radical (unpaired) electrons. The lowest BCUT2D eigenvalue weighted by Gasteiger charge is -2.24. The number of aromatic nitrogens is 6. The van der Waals surface area contributed by atoms with Crippen molar-refractivity contribution in [1.29, 1.82) is 0 Å². The first-order valence-corrected chi connectivity index (χ1v) is 9.20. The second-order valence-electron chi connectivity index (χ2n) is 6.42. The molecular formula is C18H14BrN7O. The van der Waals surface area contributed by atoms with Crippen LogP contribution in [0.5, 0.6) is 0 Å². The highest BCUT2D eigenvalue weighted by atomic mass is 79.9. The second kappa shape index (κ2) is 5.98. The number of benzene rings is 1. The van der Waals surface area contributed by atoms with Crippen molar-refractivity contribution >= 4 is 38.8 Å². The molecule has 0 saturated heterocycles. The number of anilines is 1. The zero-order chi connectivity index (χ0) is 18.5. The summed E-state index contributed by atoms with van der Waals surface area (Å²) < 4.78 is 2.64. The van der Waals surface area contributed by atoms with Gasteiger partial charge in [0.05, 0.1) is 12.0 Å². The summed E-state index contributed by atoms with van der Waals surface area (Å²) in [5.74, 6) is 1.07. The number of hydrogen-bond acceptors (Lipinski definition) is 5. The van der Waals surface area contributed by atoms with Gasteiger partial charge < -0.3 is 10.3 Å². The van der Waals surface area contributed by atoms with Gasteiger partial charge in [-0.15, -0.1) is 0 Å². The van der Waals surface area contributed by atoms with Gasteiger partial charge in [0.1, 0.15) is 17.7 Å². The van der Waals surface area contributed by atoms with Crippen molar-refractivity contribution in [2.45, 2.75) is 19.3 Å². The Morgan fingerprint density at radius 1 is 1.26 bits per heavy atom. The van der Waals surface area contributed by atoms with Gasteiger partial charge in [0, 0.05) is 22.4 Å². The average molecular weight is 424 g/mol. The van der Waals surface area contributed by atoms with Crippen LogP contribution in [0.15, 0.2) is 41.4 Å². The average Bonchev–Trinajstić information content (AvgIpc) is 3.25. The van der Waals surface area contributed by atoms with E-state index in [-0.39, 0.29) is 11.8 Å². The van der Waals surface area contributed by atoms with Gasteiger partial charge in [-0.05, 0) is 24.6 Å². The molecule has 1 aliphatic rings. The highest BCUT2D eigenvalue weighted by molar-refractivity contribution is 9.10. The smallest absolute Gasteiger partial charge is 0.226 e. The number of rotatable bonds is 2. The van der Waals surface area contributed by atoms with E-state index in [0.29, 0.717) is 29.2 Å². The standard InChI is InChI=1S/C18H14BrN7O/c1-9-14-12(10-3-2-4-11(19)5-10)6-13(27)24-17(14)26(25-9)18-15-16(21-7-20-15)22-8-23-18/h2-5,7-8,12H,6H2,1H3,(H,24,27)(H,20,21,22,23)/t12-/m1/s1. The molecule has 2 N–H and O–H groups in total. The lowest BCUT2D eigenvalue weighted by Crippen LogP contribution is -2.25. The zero-order valence-electron chi connectivity index (χ0n) is 14.3. The van der Waals surface area contributed by atoms with Crippen LogP contribution in [-0.2, 0) is 4.79 Å². The van der Waals surface area contributed by atoms with E-state index in [9.17, 15) is 4.79 Å². The zero-order valence-corrected chi connectivity index (χ0v) is 15.9. The maximum Gasteiger partial charge on any atom is 0.226 e. The van der Waals surface area contributed by atoms with Gasteiger partial charge in [0.25, 0.3) is 0 Å². The van der Waals surface area contributed by atoms with Crippen LogP contribution < -0.4 is 5.32 Å². The lowest BCUT2D eigenvalue weighted by atomic mass is 9.86. The SMILES string of the molecule is Cc1nn(-c2ncnc3nc[nH]c23)c2c1[C@@H](c1cccc(Br)c1)CC(=O)N2. The van der Waals surface area contributed by atoms with E-state index in [1.54, 1.807) is 11.0 Å². The van der Waals surface area contributed by atoms with Crippen molar-refractivity contribution in [3.05, 3.63) is 58.2 Å². The highest BCUT2D eigenvalue weighted by Crippen LogP contribution is 2.40. The van der Waals surface area contributed by atoms with E-state index in [0.717, 1.165) is 21.3 Å². The molecule has 27 heavy (non-hydrogen) atoms. The molecule has 3 aromatic heterocycles. The van der Waals surface area contributed by atoms with Gasteiger partial charge in [0.2, 0.25) is 5.91 Å². The van der Waals surface area contributed by atoms with Crippen molar-refractivity contribution in [2.24, 2.45) is 0 Å². The van der Waals surface area contributed by atoms with Crippen molar-refractivity contribution in [2.75, 3.05) is 5.32 Å². The second-order valence-corrected chi connectivity index (χ2v) is 7.33. The molecule has 4 heterocycles. The van der Waals surface area contributed by atoms with Crippen molar-refractivity contribution < 1.29 is 4.79 Å². The van der Waals surface area contributed by atoms with Gasteiger partial charge in [-0.3, -0.25) is 4.79 Å². The molecule has 1 aromatic carbocycles. The number of aryl methyl sites for hydroxylation is 1. The maximum atomic E-state index is 12.5. The van der Waals surface area contributed by atoms with Crippen LogP contribution in [0.1, 0.15) is 29.2 Å². The first-order valence-electron chi connectivity index (χ1n) is 8.41. The number of amides is 1. The van der Waals surface area contributed by atoms with Crippen LogP contribution in [0.3, 0.4) is 0 Å². The first kappa shape index (κ1) is 16.1. The number of halogens is 1. The summed E-state index contributed by atoms with van der Waals surface area (Å²) in [6.45, 7) is 1.95. The fraction of sp³-hybridized carbons (Fsp3) is 0.167. The molecule has 8 nitrogen and oxygen atoms in total. The van der Waals surface area contributed by atoms with Gasteiger partial charge in [-0.25, -0.2) is 15.0 Å². The van der Waals surface area contributed by atoms with Crippen LogP contribution >= 0.6 is 15.9 Å². The first-order chi connectivity index (χ1) is 13.1. The Morgan fingerprint density at radius 3 is 3.00 bits per heavy atom. The number of aromatic amines is 1. The van der Waals surface area contributed by atoms with Gasteiger partial charge in [-0.2, -0.15) is 9.78 Å². The van der Waals surface area contributed by atoms with Crippen molar-refractivity contribution in [1.82, 2.24) is 29.7 Å². The summed E-state index contributed by atoms with van der Waals surface area (Å²) in [4.78, 5) is 28.2. The minimum Gasteiger partial charge on any atom is -0.340 e. The van der Waals surface area contributed by atoms with Crippen LogP contribution in [0, 0.1) is 6.92 Å². The van der Waals surface area contributed by atoms with Crippen molar-refractivity contribution in [3.63, 3.8) is 0 Å². The molecule has 1 atom stereocenters. The Kier molecular flexibility index (Phi) is 3.57. The number of hydrogen-bond donors (Lipinski definition) is 2. The molecule has 1 aliphatic heterocycles. The molecule has 0 saturated carbocycles. The topological polar surface area (TPSA) is 101 Å². The normalized spacial score (nSPS) is 16.4. The van der Waals surface area contributed by atoms with Crippen LogP contribution in [0.25, 0.3) is 17.0 Å². The predicted octanol–water partition coefficient (Wildman–Crippen LogP) is 3.08. The molecule has 5 rings (SSSR count). The molecule has 1 amide bonds. The number of carbonyl (C=O) groups is 1. The fourth-order valence-electron chi connectivity index (χ4n) is 3.62. The summed E-state index contributed by atoms with van der Waals surface area (Å²) >= 11 is 3.52. The number of imidazole rings is 1. The van der Waals surface area contributed by atoms with Gasteiger partial charge in [0.15, 0.2) is 11.5 Å². The molecular weight excluding hydrogens is 410 g/mol. The van der Waals surface area contributed by atoms with Crippen LogP contribution in [0.4, 0.5) is 5.82 Å². The highest BCUT2D eigenvalue weighted by Gasteiger charge is 2.33. The van der Waals surface area contributed by atoms with E-state index in [1.807, 2.05) is 31.2 Å². The minimum absolute atomic E-state index is 0.0523. The Labute approximate surface area is 162 Å². The largest absolute Gasteiger partial charge is 0.340 e. The van der Waals surface area contributed by atoms with Gasteiger partial charge >= 0.3 is 0 Å². The number of nitrogens with one attached hydrogen (secondary N) is 2. The van der Waals surface area contributed by atoms with Gasteiger partial charge in [-0.1, -0.05) is 28.1 Å². The van der Waals surface area contributed by atoms with E-state index >= 15 is 0 Å². The number of H-pyrrole nitrogens is 1. The number of fused-ring (bicyclic) bond motifs is 2. The summed E-state index contributed by atoms with van der Waals surface area (Å²) in [5.41, 5.74) is 4.13. The number of carbonyl (C=O) groups excluding carboxylic acids is 1. The monoisotopic (exact) mass is 423 g/mol. The van der Waals surface area contributed by atoms with E-state index in [2.05, 4.69) is 46.3 Å². The lowest BCUT2D eigenvalue weighted by molar-refractivity contribution is -0.116. The Morgan fingerprint density at radius 2 is 2.15 bits per heavy atom. The van der Waals surface area contributed by atoms with Crippen LogP contribution in [-0.4, -0.2) is 35.6 Å². The molecule has 0 unspecified atom stereocenters. The van der Waals surface area contributed by atoms with Crippen LogP contribution in [0.2, 0.25) is 0 Å². The number of nitrogens with zero attached hydrogens (tertiary/aromatic N) is 5. The summed E-state index contributed by atoms with van der Waals surface area (Å²) in [6, 6.07) is 8.03. The molecule has 0 bridgehead atoms. The minimum atomic E-state index is -0.0703. The third-order valence-electron chi connectivity index (χ3n) is 4.76. The summed E-state index contributed by atoms with van der Waals surface area (Å²) in [5, 5.41) is 7.65. The Balaban J connectivity index is 1.73. The molecule has 134 valence electrons. The summed E-state index contributed by atoms with van der Waals surface area (Å²) in [6.07, 6.45) is 3.38. The molecule has 0 fully saturated rings. The third-order valence-corrected chi connectivity index (χ3v) is 5.25. The molecule has 0 spiro atoms. The summed E-state index contributed by atoms with van der Waals surface area (Å²) in [7, 11) is 0. The molecule has 9 heteroatoms. The van der Waals surface area contributed by atoms with E-state index in [4.69, 9.17) is 0 Å². The molecule has 4 aromatic rings. The predicted molar refractivity (Wildman–Crippen MR) is 103 cm³/mol. The van der Waals surface area contributed by atoms with Crippen molar-refractivity contribution in [3.8, 4) is 5.82 Å². The van der Waals surface area contributed by atoms with E-state index in [1.165, 1.54) is 6.33 Å². The fourth-order valence-corrected chi connectivity index (χ4v) is 4.04. The molecule has 0 aliphatic carbocycles. The third kappa shape index (κ3) is 2.54. The van der Waals surface area contributed by atoms with E-state index < -0.39 is 0 Å². The Hall–Kier alpha value is -3.07.